The van der Waals surface area contributed by atoms with Gasteiger partial charge in [-0.2, -0.15) is 0 Å². The van der Waals surface area contributed by atoms with Crippen LogP contribution in [0, 0.1) is 0 Å². The molecule has 0 saturated heterocycles. The highest BCUT2D eigenvalue weighted by Gasteiger charge is 2.16. The van der Waals surface area contributed by atoms with Gasteiger partial charge >= 0.3 is 0 Å². The van der Waals surface area contributed by atoms with Gasteiger partial charge in [0.1, 0.15) is 5.82 Å². The number of hydrogen-bond donors (Lipinski definition) is 1. The van der Waals surface area contributed by atoms with Crippen molar-refractivity contribution in [3.63, 3.8) is 0 Å². The predicted molar refractivity (Wildman–Crippen MR) is 85.2 cm³/mol. The summed E-state index contributed by atoms with van der Waals surface area (Å²) in [6.45, 7) is 2.71. The number of nitrogens with two attached hydrogens (primary N) is 1. The Hall–Kier alpha value is -1.13. The van der Waals surface area contributed by atoms with Gasteiger partial charge in [0.05, 0.1) is 0 Å². The molecular formula is C16H28N4. The van der Waals surface area contributed by atoms with Gasteiger partial charge in [-0.3, -0.25) is 0 Å². The quantitative estimate of drug-likeness (QED) is 0.860. The number of anilines is 1. The number of hydrogen-bond acceptors (Lipinski definition) is 4. The Labute approximate surface area is 123 Å². The Morgan fingerprint density at radius 1 is 1.15 bits per heavy atom. The Balaban J connectivity index is 2.12. The van der Waals surface area contributed by atoms with Gasteiger partial charge in [0.2, 0.25) is 0 Å². The number of rotatable bonds is 6. The minimum Gasteiger partial charge on any atom is -0.359 e. The van der Waals surface area contributed by atoms with E-state index in [4.69, 9.17) is 10.7 Å². The summed E-state index contributed by atoms with van der Waals surface area (Å²) in [7, 11) is 6.36. The lowest BCUT2D eigenvalue weighted by molar-refractivity contribution is 0.401. The van der Waals surface area contributed by atoms with E-state index >= 15 is 0 Å². The van der Waals surface area contributed by atoms with E-state index in [0.717, 1.165) is 31.7 Å². The van der Waals surface area contributed by atoms with Crippen molar-refractivity contribution in [2.24, 2.45) is 5.73 Å². The van der Waals surface area contributed by atoms with E-state index in [2.05, 4.69) is 37.0 Å². The van der Waals surface area contributed by atoms with Crippen LogP contribution < -0.4 is 10.6 Å². The smallest absolute Gasteiger partial charge is 0.133 e. The molecule has 112 valence electrons. The third-order valence-electron chi connectivity index (χ3n) is 4.04. The van der Waals surface area contributed by atoms with Crippen molar-refractivity contribution in [3.8, 4) is 0 Å². The Morgan fingerprint density at radius 2 is 1.90 bits per heavy atom. The van der Waals surface area contributed by atoms with Gasteiger partial charge in [-0.25, -0.2) is 4.98 Å². The highest BCUT2D eigenvalue weighted by Crippen LogP contribution is 2.26. The van der Waals surface area contributed by atoms with E-state index in [1.165, 1.54) is 36.1 Å². The fraction of sp³-hybridized carbons (Fsp3) is 0.688. The van der Waals surface area contributed by atoms with Gasteiger partial charge in [-0.1, -0.05) is 0 Å². The largest absolute Gasteiger partial charge is 0.359 e. The number of fused-ring (bicyclic) bond motifs is 1. The zero-order valence-electron chi connectivity index (χ0n) is 13.2. The number of aromatic nitrogens is 1. The molecule has 0 atom stereocenters. The SMILES string of the molecule is CN(C)CCCN(C)c1nc2c(cc1CN)CCCC2. The van der Waals surface area contributed by atoms with Gasteiger partial charge in [0.15, 0.2) is 0 Å². The molecule has 1 aliphatic carbocycles. The summed E-state index contributed by atoms with van der Waals surface area (Å²) in [6, 6.07) is 2.29. The van der Waals surface area contributed by atoms with E-state index in [-0.39, 0.29) is 0 Å². The molecule has 0 bridgehead atoms. The topological polar surface area (TPSA) is 45.4 Å². The van der Waals surface area contributed by atoms with Crippen LogP contribution in [0.2, 0.25) is 0 Å². The van der Waals surface area contributed by atoms with Crippen LogP contribution in [-0.2, 0) is 19.4 Å². The van der Waals surface area contributed by atoms with E-state index in [0.29, 0.717) is 6.54 Å². The second kappa shape index (κ2) is 7.04. The van der Waals surface area contributed by atoms with E-state index in [9.17, 15) is 0 Å². The van der Waals surface area contributed by atoms with Gasteiger partial charge in [0.25, 0.3) is 0 Å². The molecule has 1 aromatic heterocycles. The minimum atomic E-state index is 0.577. The predicted octanol–water partition coefficient (Wildman–Crippen LogP) is 1.81. The average Bonchev–Trinajstić information content (AvgIpc) is 2.45. The van der Waals surface area contributed by atoms with Crippen molar-refractivity contribution in [1.82, 2.24) is 9.88 Å². The summed E-state index contributed by atoms with van der Waals surface area (Å²) in [4.78, 5) is 9.40. The third-order valence-corrected chi connectivity index (χ3v) is 4.04. The van der Waals surface area contributed by atoms with Crippen LogP contribution in [0.1, 0.15) is 36.1 Å². The first-order chi connectivity index (χ1) is 9.61. The zero-order chi connectivity index (χ0) is 14.5. The van der Waals surface area contributed by atoms with Crippen LogP contribution in [0.15, 0.2) is 6.07 Å². The maximum absolute atomic E-state index is 5.92. The molecule has 0 radical (unpaired) electrons. The number of aryl methyl sites for hydroxylation is 2. The van der Waals surface area contributed by atoms with E-state index < -0.39 is 0 Å². The Morgan fingerprint density at radius 3 is 2.60 bits per heavy atom. The molecule has 4 heteroatoms. The first-order valence-corrected chi connectivity index (χ1v) is 7.69. The maximum atomic E-state index is 5.92. The fourth-order valence-corrected chi connectivity index (χ4v) is 2.88. The molecule has 1 aliphatic rings. The standard InChI is InChI=1S/C16H28N4/c1-19(2)9-6-10-20(3)16-14(12-17)11-13-7-4-5-8-15(13)18-16/h11H,4-10,12,17H2,1-3H3. The molecule has 2 rings (SSSR count). The van der Waals surface area contributed by atoms with Crippen molar-refractivity contribution < 1.29 is 0 Å². The number of pyridine rings is 1. The molecule has 1 aromatic rings. The molecule has 0 amide bonds. The van der Waals surface area contributed by atoms with Gasteiger partial charge in [0, 0.05) is 31.4 Å². The second-order valence-electron chi connectivity index (χ2n) is 6.07. The molecule has 0 aromatic carbocycles. The molecule has 0 aliphatic heterocycles. The summed E-state index contributed by atoms with van der Waals surface area (Å²) in [5.41, 5.74) is 9.83. The molecular weight excluding hydrogens is 248 g/mol. The molecule has 0 saturated carbocycles. The molecule has 0 spiro atoms. The van der Waals surface area contributed by atoms with E-state index in [1.54, 1.807) is 0 Å². The van der Waals surface area contributed by atoms with Crippen LogP contribution >= 0.6 is 0 Å². The summed E-state index contributed by atoms with van der Waals surface area (Å²) in [5, 5.41) is 0. The Bertz CT molecular complexity index is 442. The fourth-order valence-electron chi connectivity index (χ4n) is 2.88. The van der Waals surface area contributed by atoms with Crippen molar-refractivity contribution >= 4 is 5.82 Å². The van der Waals surface area contributed by atoms with Crippen LogP contribution in [0.3, 0.4) is 0 Å². The van der Waals surface area contributed by atoms with Crippen molar-refractivity contribution in [2.45, 2.75) is 38.6 Å². The van der Waals surface area contributed by atoms with Crippen LogP contribution in [0.5, 0.6) is 0 Å². The lowest BCUT2D eigenvalue weighted by atomic mass is 9.94. The monoisotopic (exact) mass is 276 g/mol. The van der Waals surface area contributed by atoms with Crippen LogP contribution in [0.4, 0.5) is 5.82 Å². The summed E-state index contributed by atoms with van der Waals surface area (Å²) >= 11 is 0. The normalized spacial score (nSPS) is 14.4. The van der Waals surface area contributed by atoms with Crippen molar-refractivity contribution in [1.29, 1.82) is 0 Å². The van der Waals surface area contributed by atoms with Gasteiger partial charge in [-0.15, -0.1) is 0 Å². The minimum absolute atomic E-state index is 0.577. The third kappa shape index (κ3) is 3.70. The Kier molecular flexibility index (Phi) is 5.38. The highest BCUT2D eigenvalue weighted by atomic mass is 15.2. The average molecular weight is 276 g/mol. The van der Waals surface area contributed by atoms with Crippen molar-refractivity contribution in [2.75, 3.05) is 39.1 Å². The summed E-state index contributed by atoms with van der Waals surface area (Å²) in [5.74, 6) is 1.09. The summed E-state index contributed by atoms with van der Waals surface area (Å²) in [6.07, 6.45) is 5.99. The lowest BCUT2D eigenvalue weighted by Crippen LogP contribution is -2.26. The highest BCUT2D eigenvalue weighted by molar-refractivity contribution is 5.50. The van der Waals surface area contributed by atoms with Gasteiger partial charge in [-0.05, 0) is 64.4 Å². The molecule has 0 unspecified atom stereocenters. The summed E-state index contributed by atoms with van der Waals surface area (Å²) < 4.78 is 0. The first kappa shape index (κ1) is 15.3. The first-order valence-electron chi connectivity index (χ1n) is 7.69. The van der Waals surface area contributed by atoms with E-state index in [1.807, 2.05) is 0 Å². The second-order valence-corrected chi connectivity index (χ2v) is 6.07. The molecule has 20 heavy (non-hydrogen) atoms. The molecule has 2 N–H and O–H groups in total. The lowest BCUT2D eigenvalue weighted by Gasteiger charge is -2.25. The molecule has 0 fully saturated rings. The van der Waals surface area contributed by atoms with Gasteiger partial charge < -0.3 is 15.5 Å². The van der Waals surface area contributed by atoms with Crippen LogP contribution in [-0.4, -0.2) is 44.1 Å². The molecule has 1 heterocycles. The van der Waals surface area contributed by atoms with Crippen molar-refractivity contribution in [3.05, 3.63) is 22.9 Å². The maximum Gasteiger partial charge on any atom is 0.133 e. The molecule has 4 nitrogen and oxygen atoms in total. The van der Waals surface area contributed by atoms with Crippen LogP contribution in [0.25, 0.3) is 0 Å². The number of nitrogens with zero attached hydrogens (tertiary/aromatic N) is 3. The zero-order valence-corrected chi connectivity index (χ0v) is 13.2.